The number of fused-ring (bicyclic) bond motifs is 1. The molecule has 2 aromatic rings. The smallest absolute Gasteiger partial charge is 0.226 e. The number of nitriles is 1. The number of thiophene rings is 1. The number of anilines is 1. The summed E-state index contributed by atoms with van der Waals surface area (Å²) in [5, 5.41) is 14.2. The van der Waals surface area contributed by atoms with Gasteiger partial charge in [0.2, 0.25) is 5.91 Å². The number of hydrogen-bond donors (Lipinski definition) is 1. The third-order valence-corrected chi connectivity index (χ3v) is 6.26. The van der Waals surface area contributed by atoms with E-state index in [9.17, 15) is 10.1 Å². The monoisotopic (exact) mass is 407 g/mol. The fourth-order valence-electron chi connectivity index (χ4n) is 3.11. The molecule has 136 valence electrons. The molecule has 1 heterocycles. The first-order valence-corrected chi connectivity index (χ1v) is 10.0. The zero-order valence-electron chi connectivity index (χ0n) is 14.4. The van der Waals surface area contributed by atoms with Gasteiger partial charge in [-0.15, -0.1) is 11.3 Å². The van der Waals surface area contributed by atoms with Gasteiger partial charge in [0.15, 0.2) is 0 Å². The molecule has 26 heavy (non-hydrogen) atoms. The molecule has 0 unspecified atom stereocenters. The lowest BCUT2D eigenvalue weighted by Crippen LogP contribution is -2.24. The van der Waals surface area contributed by atoms with E-state index >= 15 is 0 Å². The number of amides is 1. The van der Waals surface area contributed by atoms with Crippen molar-refractivity contribution in [1.29, 1.82) is 5.26 Å². The Bertz CT molecular complexity index is 872. The lowest BCUT2D eigenvalue weighted by atomic mass is 10.1. The van der Waals surface area contributed by atoms with Crippen molar-refractivity contribution in [2.24, 2.45) is 0 Å². The molecule has 0 aliphatic heterocycles. The summed E-state index contributed by atoms with van der Waals surface area (Å²) in [7, 11) is 1.94. The average Bonchev–Trinajstić information content (AvgIpc) is 3.16. The molecule has 1 amide bonds. The van der Waals surface area contributed by atoms with Gasteiger partial charge in [0, 0.05) is 34.4 Å². The number of aryl methyl sites for hydroxylation is 1. The summed E-state index contributed by atoms with van der Waals surface area (Å²) in [5.74, 6) is -0.0736. The number of benzene rings is 1. The molecule has 1 N–H and O–H groups in total. The number of rotatable bonds is 6. The van der Waals surface area contributed by atoms with E-state index in [1.54, 1.807) is 17.4 Å². The number of halogens is 2. The standard InChI is InChI=1S/C19H19Cl2N3OS/c1-24(11-12-5-6-13(20)9-16(12)21)8-7-18(25)23-19-15(10-22)14-3-2-4-17(14)26-19/h5-6,9H,2-4,7-8,11H2,1H3,(H,23,25). The molecule has 0 saturated carbocycles. The highest BCUT2D eigenvalue weighted by molar-refractivity contribution is 7.16. The van der Waals surface area contributed by atoms with Crippen LogP contribution in [0.25, 0.3) is 0 Å². The highest BCUT2D eigenvalue weighted by Crippen LogP contribution is 2.38. The van der Waals surface area contributed by atoms with Gasteiger partial charge in [-0.2, -0.15) is 5.26 Å². The van der Waals surface area contributed by atoms with E-state index in [1.165, 1.54) is 4.88 Å². The molecule has 1 aliphatic rings. The van der Waals surface area contributed by atoms with Gasteiger partial charge in [-0.3, -0.25) is 4.79 Å². The van der Waals surface area contributed by atoms with Crippen LogP contribution in [0.1, 0.15) is 34.4 Å². The third kappa shape index (κ3) is 4.39. The van der Waals surface area contributed by atoms with E-state index in [1.807, 2.05) is 24.1 Å². The fourth-order valence-corrected chi connectivity index (χ4v) is 4.84. The topological polar surface area (TPSA) is 56.1 Å². The predicted molar refractivity (Wildman–Crippen MR) is 107 cm³/mol. The second kappa shape index (κ2) is 8.41. The van der Waals surface area contributed by atoms with E-state index < -0.39 is 0 Å². The Morgan fingerprint density at radius 1 is 1.38 bits per heavy atom. The van der Waals surface area contributed by atoms with Crippen LogP contribution in [0.4, 0.5) is 5.00 Å². The van der Waals surface area contributed by atoms with Crippen LogP contribution in [0.2, 0.25) is 10.0 Å². The van der Waals surface area contributed by atoms with Gasteiger partial charge in [0.05, 0.1) is 5.56 Å². The number of carbonyl (C=O) groups excluding carboxylic acids is 1. The Morgan fingerprint density at radius 3 is 2.92 bits per heavy atom. The van der Waals surface area contributed by atoms with Crippen LogP contribution in [0.15, 0.2) is 18.2 Å². The van der Waals surface area contributed by atoms with Crippen molar-refractivity contribution in [3.05, 3.63) is 49.8 Å². The van der Waals surface area contributed by atoms with E-state index in [2.05, 4.69) is 11.4 Å². The third-order valence-electron chi connectivity index (χ3n) is 4.46. The van der Waals surface area contributed by atoms with Gasteiger partial charge in [0.1, 0.15) is 11.1 Å². The Kier molecular flexibility index (Phi) is 6.20. The number of carbonyl (C=O) groups is 1. The summed E-state index contributed by atoms with van der Waals surface area (Å²) in [5.41, 5.74) is 2.75. The van der Waals surface area contributed by atoms with E-state index in [0.29, 0.717) is 40.1 Å². The molecule has 0 saturated heterocycles. The van der Waals surface area contributed by atoms with Gasteiger partial charge in [-0.25, -0.2) is 0 Å². The summed E-state index contributed by atoms with van der Waals surface area (Å²) in [6.07, 6.45) is 3.40. The molecule has 0 radical (unpaired) electrons. The summed E-state index contributed by atoms with van der Waals surface area (Å²) in [4.78, 5) is 15.6. The molecule has 0 bridgehead atoms. The average molecular weight is 408 g/mol. The van der Waals surface area contributed by atoms with Gasteiger partial charge >= 0.3 is 0 Å². The minimum absolute atomic E-state index is 0.0736. The van der Waals surface area contributed by atoms with Crippen molar-refractivity contribution in [2.45, 2.75) is 32.2 Å². The Morgan fingerprint density at radius 2 is 2.19 bits per heavy atom. The molecule has 0 spiro atoms. The quantitative estimate of drug-likeness (QED) is 0.742. The van der Waals surface area contributed by atoms with E-state index in [4.69, 9.17) is 23.2 Å². The molecule has 3 rings (SSSR count). The zero-order valence-corrected chi connectivity index (χ0v) is 16.8. The Hall–Kier alpha value is -1.58. The zero-order chi connectivity index (χ0) is 18.7. The highest BCUT2D eigenvalue weighted by atomic mass is 35.5. The van der Waals surface area contributed by atoms with Crippen molar-refractivity contribution >= 4 is 45.4 Å². The summed E-state index contributed by atoms with van der Waals surface area (Å²) in [6, 6.07) is 7.67. The van der Waals surface area contributed by atoms with Crippen molar-refractivity contribution < 1.29 is 4.79 Å². The molecule has 0 fully saturated rings. The maximum absolute atomic E-state index is 12.3. The molecule has 1 aromatic heterocycles. The molecular formula is C19H19Cl2N3OS. The largest absolute Gasteiger partial charge is 0.317 e. The summed E-state index contributed by atoms with van der Waals surface area (Å²) >= 11 is 13.6. The first-order valence-electron chi connectivity index (χ1n) is 8.45. The van der Waals surface area contributed by atoms with Crippen molar-refractivity contribution in [2.75, 3.05) is 18.9 Å². The van der Waals surface area contributed by atoms with Crippen LogP contribution >= 0.6 is 34.5 Å². The molecule has 4 nitrogen and oxygen atoms in total. The fraction of sp³-hybridized carbons (Fsp3) is 0.368. The lowest BCUT2D eigenvalue weighted by molar-refractivity contribution is -0.116. The van der Waals surface area contributed by atoms with Gasteiger partial charge < -0.3 is 10.2 Å². The van der Waals surface area contributed by atoms with Crippen LogP contribution in [0.3, 0.4) is 0 Å². The second-order valence-electron chi connectivity index (χ2n) is 6.44. The van der Waals surface area contributed by atoms with Crippen molar-refractivity contribution in [1.82, 2.24) is 4.90 Å². The van der Waals surface area contributed by atoms with Gasteiger partial charge in [-0.1, -0.05) is 29.3 Å². The van der Waals surface area contributed by atoms with Crippen LogP contribution in [0.5, 0.6) is 0 Å². The highest BCUT2D eigenvalue weighted by Gasteiger charge is 2.23. The second-order valence-corrected chi connectivity index (χ2v) is 8.39. The van der Waals surface area contributed by atoms with Crippen molar-refractivity contribution in [3.8, 4) is 6.07 Å². The first kappa shape index (κ1) is 19.2. The van der Waals surface area contributed by atoms with Crippen molar-refractivity contribution in [3.63, 3.8) is 0 Å². The number of hydrogen-bond acceptors (Lipinski definition) is 4. The minimum atomic E-state index is -0.0736. The lowest BCUT2D eigenvalue weighted by Gasteiger charge is -2.17. The number of nitrogens with zero attached hydrogens (tertiary/aromatic N) is 2. The summed E-state index contributed by atoms with van der Waals surface area (Å²) in [6.45, 7) is 1.23. The number of nitrogens with one attached hydrogen (secondary N) is 1. The van der Waals surface area contributed by atoms with Gasteiger partial charge in [-0.05, 0) is 49.6 Å². The predicted octanol–water partition coefficient (Wildman–Crippen LogP) is 4.88. The van der Waals surface area contributed by atoms with Crippen LogP contribution in [0, 0.1) is 11.3 Å². The van der Waals surface area contributed by atoms with Crippen LogP contribution < -0.4 is 5.32 Å². The Labute approximate surface area is 167 Å². The molecule has 1 aliphatic carbocycles. The molecular weight excluding hydrogens is 389 g/mol. The summed E-state index contributed by atoms with van der Waals surface area (Å²) < 4.78 is 0. The normalized spacial score (nSPS) is 12.9. The molecule has 7 heteroatoms. The minimum Gasteiger partial charge on any atom is -0.317 e. The maximum atomic E-state index is 12.3. The Balaban J connectivity index is 1.54. The van der Waals surface area contributed by atoms with E-state index in [0.717, 1.165) is 30.4 Å². The first-order chi connectivity index (χ1) is 12.5. The molecule has 1 aromatic carbocycles. The van der Waals surface area contributed by atoms with Crippen LogP contribution in [-0.4, -0.2) is 24.4 Å². The van der Waals surface area contributed by atoms with Gasteiger partial charge in [0.25, 0.3) is 0 Å². The van der Waals surface area contributed by atoms with Crippen LogP contribution in [-0.2, 0) is 24.2 Å². The maximum Gasteiger partial charge on any atom is 0.226 e. The SMILES string of the molecule is CN(CCC(=O)Nc1sc2c(c1C#N)CCC2)Cc1ccc(Cl)cc1Cl. The molecule has 0 atom stereocenters. The van der Waals surface area contributed by atoms with E-state index in [-0.39, 0.29) is 5.91 Å².